The Labute approximate surface area is 107 Å². The van der Waals surface area contributed by atoms with E-state index in [1.807, 2.05) is 6.92 Å². The van der Waals surface area contributed by atoms with Crippen LogP contribution in [0.25, 0.3) is 0 Å². The monoisotopic (exact) mass is 336 g/mol. The molecule has 0 radical (unpaired) electrons. The molecule has 0 aliphatic rings. The number of carbonyl (C=O) groups excluding carboxylic acids is 1. The zero-order chi connectivity index (χ0) is 12.1. The number of carbonyl (C=O) groups is 2. The van der Waals surface area contributed by atoms with Gasteiger partial charge in [-0.1, -0.05) is 13.3 Å². The number of aromatic nitrogens is 1. The summed E-state index contributed by atoms with van der Waals surface area (Å²) in [4.78, 5) is 25.3. The second kappa shape index (κ2) is 5.88. The molecule has 0 fully saturated rings. The minimum atomic E-state index is -1.00. The molecule has 0 saturated carbocycles. The van der Waals surface area contributed by atoms with Gasteiger partial charge < -0.3 is 15.4 Å². The van der Waals surface area contributed by atoms with Crippen LogP contribution in [0.1, 0.15) is 30.3 Å². The molecule has 1 amide bonds. The third-order valence-electron chi connectivity index (χ3n) is 2.07. The van der Waals surface area contributed by atoms with E-state index in [-0.39, 0.29) is 5.91 Å². The van der Waals surface area contributed by atoms with E-state index in [0.29, 0.717) is 18.5 Å². The maximum absolute atomic E-state index is 11.6. The molecule has 0 saturated heterocycles. The zero-order valence-electron chi connectivity index (χ0n) is 8.79. The lowest BCUT2D eigenvalue weighted by atomic mass is 10.1. The van der Waals surface area contributed by atoms with Crippen molar-refractivity contribution < 1.29 is 14.7 Å². The molecule has 6 heteroatoms. The maximum Gasteiger partial charge on any atom is 0.326 e. The van der Waals surface area contributed by atoms with Crippen LogP contribution in [0.15, 0.2) is 12.3 Å². The molecule has 3 N–H and O–H groups in total. The number of amides is 1. The molecule has 1 rings (SSSR count). The molecular formula is C10H13IN2O3. The lowest BCUT2D eigenvalue weighted by Gasteiger charge is -2.12. The van der Waals surface area contributed by atoms with Gasteiger partial charge in [-0.2, -0.15) is 0 Å². The molecule has 0 spiro atoms. The Kier molecular flexibility index (Phi) is 4.78. The van der Waals surface area contributed by atoms with Crippen LogP contribution in [-0.4, -0.2) is 28.0 Å². The van der Waals surface area contributed by atoms with E-state index >= 15 is 0 Å². The van der Waals surface area contributed by atoms with Gasteiger partial charge in [0.1, 0.15) is 11.7 Å². The summed E-state index contributed by atoms with van der Waals surface area (Å²) in [6.45, 7) is 1.87. The van der Waals surface area contributed by atoms with Gasteiger partial charge >= 0.3 is 5.97 Å². The topological polar surface area (TPSA) is 82.2 Å². The molecule has 0 aromatic carbocycles. The number of hydrogen-bond donors (Lipinski definition) is 3. The summed E-state index contributed by atoms with van der Waals surface area (Å²) in [5, 5.41) is 11.4. The number of hydrogen-bond acceptors (Lipinski definition) is 2. The SMILES string of the molecule is CCCC(NC(=O)c1cc(I)c[nH]1)C(=O)O. The third kappa shape index (κ3) is 3.51. The first-order valence-corrected chi connectivity index (χ1v) is 6.00. The average Bonchev–Trinajstić information content (AvgIpc) is 2.64. The number of nitrogens with one attached hydrogen (secondary N) is 2. The van der Waals surface area contributed by atoms with Gasteiger partial charge in [0.15, 0.2) is 0 Å². The van der Waals surface area contributed by atoms with Crippen molar-refractivity contribution in [1.29, 1.82) is 0 Å². The summed E-state index contributed by atoms with van der Waals surface area (Å²) in [6.07, 6.45) is 2.82. The summed E-state index contributed by atoms with van der Waals surface area (Å²) in [6, 6.07) is 0.847. The van der Waals surface area contributed by atoms with E-state index in [1.165, 1.54) is 0 Å². The van der Waals surface area contributed by atoms with Crippen LogP contribution in [0.5, 0.6) is 0 Å². The van der Waals surface area contributed by atoms with E-state index in [9.17, 15) is 9.59 Å². The van der Waals surface area contributed by atoms with Crippen LogP contribution in [0.2, 0.25) is 0 Å². The number of H-pyrrole nitrogens is 1. The van der Waals surface area contributed by atoms with Gasteiger partial charge in [0.2, 0.25) is 0 Å². The average molecular weight is 336 g/mol. The van der Waals surface area contributed by atoms with Crippen molar-refractivity contribution in [2.45, 2.75) is 25.8 Å². The second-order valence-electron chi connectivity index (χ2n) is 3.38. The highest BCUT2D eigenvalue weighted by atomic mass is 127. The molecule has 5 nitrogen and oxygen atoms in total. The van der Waals surface area contributed by atoms with Crippen molar-refractivity contribution in [3.8, 4) is 0 Å². The molecule has 1 heterocycles. The predicted molar refractivity (Wildman–Crippen MR) is 67.3 cm³/mol. The number of aromatic amines is 1. The smallest absolute Gasteiger partial charge is 0.326 e. The van der Waals surface area contributed by atoms with E-state index in [4.69, 9.17) is 5.11 Å². The Balaban J connectivity index is 2.65. The van der Waals surface area contributed by atoms with Gasteiger partial charge in [-0.25, -0.2) is 4.79 Å². The van der Waals surface area contributed by atoms with Crippen LogP contribution in [-0.2, 0) is 4.79 Å². The van der Waals surface area contributed by atoms with Crippen molar-refractivity contribution in [2.75, 3.05) is 0 Å². The molecule has 1 aromatic rings. The molecule has 0 bridgehead atoms. The molecule has 16 heavy (non-hydrogen) atoms. The summed E-state index contributed by atoms with van der Waals surface area (Å²) in [7, 11) is 0. The Hall–Kier alpha value is -1.05. The Bertz CT molecular complexity index is 389. The molecule has 88 valence electrons. The van der Waals surface area contributed by atoms with Gasteiger partial charge in [0.05, 0.1) is 0 Å². The summed E-state index contributed by atoms with van der Waals surface area (Å²) in [5.41, 5.74) is 0.381. The molecule has 1 atom stereocenters. The van der Waals surface area contributed by atoms with Crippen molar-refractivity contribution in [3.05, 3.63) is 21.5 Å². The van der Waals surface area contributed by atoms with Gasteiger partial charge in [-0.15, -0.1) is 0 Å². The van der Waals surface area contributed by atoms with Crippen LogP contribution >= 0.6 is 22.6 Å². The highest BCUT2D eigenvalue weighted by molar-refractivity contribution is 14.1. The van der Waals surface area contributed by atoms with E-state index in [2.05, 4.69) is 32.9 Å². The van der Waals surface area contributed by atoms with Gasteiger partial charge in [-0.3, -0.25) is 4.79 Å². The Morgan fingerprint density at radius 2 is 2.31 bits per heavy atom. The molecular weight excluding hydrogens is 323 g/mol. The van der Waals surface area contributed by atoms with Gasteiger partial charge in [-0.05, 0) is 35.1 Å². The van der Waals surface area contributed by atoms with Crippen molar-refractivity contribution in [2.24, 2.45) is 0 Å². The minimum Gasteiger partial charge on any atom is -0.480 e. The quantitative estimate of drug-likeness (QED) is 0.715. The number of carboxylic acid groups (broad SMARTS) is 1. The predicted octanol–water partition coefficient (Wildman–Crippen LogP) is 1.60. The van der Waals surface area contributed by atoms with Gasteiger partial charge in [0.25, 0.3) is 5.91 Å². The first-order chi connectivity index (χ1) is 7.54. The number of halogens is 1. The van der Waals surface area contributed by atoms with E-state index in [1.54, 1.807) is 12.3 Å². The zero-order valence-corrected chi connectivity index (χ0v) is 10.9. The van der Waals surface area contributed by atoms with Gasteiger partial charge in [0, 0.05) is 9.77 Å². The normalized spacial score (nSPS) is 12.1. The Morgan fingerprint density at radius 3 is 2.75 bits per heavy atom. The maximum atomic E-state index is 11.6. The lowest BCUT2D eigenvalue weighted by molar-refractivity contribution is -0.139. The van der Waals surface area contributed by atoms with Crippen molar-refractivity contribution >= 4 is 34.5 Å². The fourth-order valence-corrected chi connectivity index (χ4v) is 1.75. The fraction of sp³-hybridized carbons (Fsp3) is 0.400. The van der Waals surface area contributed by atoms with Crippen LogP contribution < -0.4 is 5.32 Å². The lowest BCUT2D eigenvalue weighted by Crippen LogP contribution is -2.40. The highest BCUT2D eigenvalue weighted by Crippen LogP contribution is 2.07. The molecule has 1 aromatic heterocycles. The standard InChI is InChI=1S/C10H13IN2O3/c1-2-3-7(10(15)16)13-9(14)8-4-6(11)5-12-8/h4-5,7,12H,2-3H2,1H3,(H,13,14)(H,15,16). The van der Waals surface area contributed by atoms with E-state index in [0.717, 1.165) is 3.57 Å². The highest BCUT2D eigenvalue weighted by Gasteiger charge is 2.20. The molecule has 1 unspecified atom stereocenters. The summed E-state index contributed by atoms with van der Waals surface area (Å²) < 4.78 is 0.908. The van der Waals surface area contributed by atoms with Crippen LogP contribution in [0.4, 0.5) is 0 Å². The van der Waals surface area contributed by atoms with Crippen LogP contribution in [0, 0.1) is 3.57 Å². The first-order valence-electron chi connectivity index (χ1n) is 4.92. The Morgan fingerprint density at radius 1 is 1.62 bits per heavy atom. The number of aliphatic carboxylic acids is 1. The first kappa shape index (κ1) is 13.0. The number of carboxylic acids is 1. The molecule has 0 aliphatic heterocycles. The minimum absolute atomic E-state index is 0.381. The fourth-order valence-electron chi connectivity index (χ4n) is 1.28. The van der Waals surface area contributed by atoms with E-state index < -0.39 is 12.0 Å². The largest absolute Gasteiger partial charge is 0.480 e. The van der Waals surface area contributed by atoms with Crippen molar-refractivity contribution in [1.82, 2.24) is 10.3 Å². The van der Waals surface area contributed by atoms with Crippen molar-refractivity contribution in [3.63, 3.8) is 0 Å². The summed E-state index contributed by atoms with van der Waals surface area (Å²) >= 11 is 2.07. The summed E-state index contributed by atoms with van der Waals surface area (Å²) in [5.74, 6) is -1.39. The third-order valence-corrected chi connectivity index (χ3v) is 2.70. The second-order valence-corrected chi connectivity index (χ2v) is 4.63. The number of rotatable bonds is 5. The van der Waals surface area contributed by atoms with Crippen LogP contribution in [0.3, 0.4) is 0 Å². The molecule has 0 aliphatic carbocycles.